The van der Waals surface area contributed by atoms with E-state index in [0.717, 1.165) is 15.4 Å². The molecule has 0 spiro atoms. The van der Waals surface area contributed by atoms with E-state index >= 15 is 0 Å². The number of ether oxygens (including phenoxy) is 1. The van der Waals surface area contributed by atoms with E-state index in [1.165, 1.54) is 11.6 Å². The van der Waals surface area contributed by atoms with Crippen molar-refractivity contribution in [2.45, 2.75) is 33.3 Å². The quantitative estimate of drug-likeness (QED) is 0.426. The molecule has 3 aromatic rings. The molecule has 0 aliphatic rings. The summed E-state index contributed by atoms with van der Waals surface area (Å²) >= 11 is 3.33. The molecule has 0 fully saturated rings. The smallest absolute Gasteiger partial charge is 0.338 e. The van der Waals surface area contributed by atoms with Crippen LogP contribution < -0.4 is 5.63 Å². The summed E-state index contributed by atoms with van der Waals surface area (Å²) in [6.07, 6.45) is 0. The third kappa shape index (κ3) is 3.88. The van der Waals surface area contributed by atoms with E-state index in [9.17, 15) is 9.59 Å². The second-order valence-corrected chi connectivity index (χ2v) is 7.45. The fraction of sp³-hybridized carbons (Fsp3) is 0.238. The van der Waals surface area contributed by atoms with Gasteiger partial charge in [0, 0.05) is 21.5 Å². The van der Waals surface area contributed by atoms with Crippen molar-refractivity contribution in [1.29, 1.82) is 0 Å². The zero-order valence-corrected chi connectivity index (χ0v) is 16.4. The summed E-state index contributed by atoms with van der Waals surface area (Å²) in [5.41, 5.74) is 3.40. The second-order valence-electron chi connectivity index (χ2n) is 6.53. The fourth-order valence-corrected chi connectivity index (χ4v) is 3.21. The van der Waals surface area contributed by atoms with Gasteiger partial charge in [0.15, 0.2) is 0 Å². The standard InChI is InChI=1S/C21H19BrO4/c1-12(2)17-10-18-15(9-20(23)26-19(18)8-13(17)3)11-25-21(24)14-4-6-16(22)7-5-14/h4-10,12H,11H2,1-3H3. The lowest BCUT2D eigenvalue weighted by molar-refractivity contribution is 0.0474. The Balaban J connectivity index is 1.93. The molecule has 5 heteroatoms. The van der Waals surface area contributed by atoms with Gasteiger partial charge >= 0.3 is 11.6 Å². The zero-order valence-electron chi connectivity index (χ0n) is 14.8. The average molecular weight is 415 g/mol. The molecule has 2 aromatic carbocycles. The third-order valence-corrected chi connectivity index (χ3v) is 4.81. The molecular formula is C21H19BrO4. The predicted molar refractivity (Wildman–Crippen MR) is 105 cm³/mol. The Bertz CT molecular complexity index is 1020. The summed E-state index contributed by atoms with van der Waals surface area (Å²) in [7, 11) is 0. The van der Waals surface area contributed by atoms with Gasteiger partial charge < -0.3 is 9.15 Å². The van der Waals surface area contributed by atoms with Crippen LogP contribution in [-0.2, 0) is 11.3 Å². The highest BCUT2D eigenvalue weighted by atomic mass is 79.9. The summed E-state index contributed by atoms with van der Waals surface area (Å²) in [6, 6.07) is 12.2. The first-order valence-electron chi connectivity index (χ1n) is 8.35. The van der Waals surface area contributed by atoms with Crippen LogP contribution in [0.3, 0.4) is 0 Å². The van der Waals surface area contributed by atoms with Crippen LogP contribution in [0.4, 0.5) is 0 Å². The van der Waals surface area contributed by atoms with Gasteiger partial charge in [0.25, 0.3) is 0 Å². The van der Waals surface area contributed by atoms with Crippen LogP contribution >= 0.6 is 15.9 Å². The molecule has 0 saturated heterocycles. The molecule has 0 aliphatic carbocycles. The van der Waals surface area contributed by atoms with Gasteiger partial charge in [-0.25, -0.2) is 9.59 Å². The molecule has 0 unspecified atom stereocenters. The molecule has 0 atom stereocenters. The van der Waals surface area contributed by atoms with Gasteiger partial charge in [-0.3, -0.25) is 0 Å². The van der Waals surface area contributed by atoms with Gasteiger partial charge in [-0.2, -0.15) is 0 Å². The van der Waals surface area contributed by atoms with Gasteiger partial charge in [0.2, 0.25) is 0 Å². The summed E-state index contributed by atoms with van der Waals surface area (Å²) in [6.45, 7) is 6.23. The first-order valence-corrected chi connectivity index (χ1v) is 9.14. The van der Waals surface area contributed by atoms with Crippen molar-refractivity contribution >= 4 is 32.9 Å². The molecule has 0 bridgehead atoms. The summed E-state index contributed by atoms with van der Waals surface area (Å²) in [5, 5.41) is 0.794. The molecule has 0 N–H and O–H groups in total. The number of aryl methyl sites for hydroxylation is 1. The van der Waals surface area contributed by atoms with Crippen LogP contribution in [0.2, 0.25) is 0 Å². The van der Waals surface area contributed by atoms with E-state index in [4.69, 9.17) is 9.15 Å². The molecule has 0 aliphatic heterocycles. The summed E-state index contributed by atoms with van der Waals surface area (Å²) in [4.78, 5) is 24.1. The lowest BCUT2D eigenvalue weighted by Crippen LogP contribution is -2.08. The first kappa shape index (κ1) is 18.4. The lowest BCUT2D eigenvalue weighted by Gasteiger charge is -2.13. The Morgan fingerprint density at radius 3 is 2.50 bits per heavy atom. The molecule has 0 amide bonds. The molecule has 0 radical (unpaired) electrons. The number of hydrogen-bond donors (Lipinski definition) is 0. The van der Waals surface area contributed by atoms with E-state index in [1.54, 1.807) is 24.3 Å². The Labute approximate surface area is 159 Å². The van der Waals surface area contributed by atoms with E-state index in [0.29, 0.717) is 22.6 Å². The van der Waals surface area contributed by atoms with Crippen LogP contribution in [0.5, 0.6) is 0 Å². The highest BCUT2D eigenvalue weighted by Crippen LogP contribution is 2.27. The normalized spacial score (nSPS) is 11.1. The van der Waals surface area contributed by atoms with Crippen molar-refractivity contribution in [2.75, 3.05) is 0 Å². The van der Waals surface area contributed by atoms with Gasteiger partial charge in [0.1, 0.15) is 12.2 Å². The lowest BCUT2D eigenvalue weighted by atomic mass is 9.95. The topological polar surface area (TPSA) is 56.5 Å². The Morgan fingerprint density at radius 1 is 1.15 bits per heavy atom. The minimum Gasteiger partial charge on any atom is -0.457 e. The minimum absolute atomic E-state index is 0.0115. The molecule has 0 saturated carbocycles. The maximum absolute atomic E-state index is 12.2. The molecule has 1 aromatic heterocycles. The largest absolute Gasteiger partial charge is 0.457 e. The van der Waals surface area contributed by atoms with Gasteiger partial charge in [0.05, 0.1) is 5.56 Å². The number of esters is 1. The van der Waals surface area contributed by atoms with Gasteiger partial charge in [-0.15, -0.1) is 0 Å². The fourth-order valence-electron chi connectivity index (χ4n) is 2.95. The van der Waals surface area contributed by atoms with E-state index in [1.807, 2.05) is 19.1 Å². The van der Waals surface area contributed by atoms with Crippen LogP contribution in [0, 0.1) is 6.92 Å². The Morgan fingerprint density at radius 2 is 1.85 bits per heavy atom. The molecular weight excluding hydrogens is 396 g/mol. The van der Waals surface area contributed by atoms with Gasteiger partial charge in [-0.05, 0) is 60.4 Å². The highest BCUT2D eigenvalue weighted by Gasteiger charge is 2.13. The van der Waals surface area contributed by atoms with Crippen LogP contribution in [-0.4, -0.2) is 5.97 Å². The number of rotatable bonds is 4. The van der Waals surface area contributed by atoms with Crippen LogP contribution in [0.15, 0.2) is 56.1 Å². The molecule has 134 valence electrons. The van der Waals surface area contributed by atoms with Crippen molar-refractivity contribution in [3.05, 3.63) is 79.6 Å². The maximum atomic E-state index is 12.2. The minimum atomic E-state index is -0.455. The van der Waals surface area contributed by atoms with E-state index in [-0.39, 0.29) is 6.61 Å². The zero-order chi connectivity index (χ0) is 18.8. The number of carbonyl (C=O) groups excluding carboxylic acids is 1. The van der Waals surface area contributed by atoms with Crippen molar-refractivity contribution < 1.29 is 13.9 Å². The highest BCUT2D eigenvalue weighted by molar-refractivity contribution is 9.10. The summed E-state index contributed by atoms with van der Waals surface area (Å²) in [5.74, 6) is -0.0976. The van der Waals surface area contributed by atoms with Crippen LogP contribution in [0.25, 0.3) is 11.0 Å². The number of benzene rings is 2. The number of hydrogen-bond acceptors (Lipinski definition) is 4. The third-order valence-electron chi connectivity index (χ3n) is 4.28. The van der Waals surface area contributed by atoms with Crippen molar-refractivity contribution in [3.63, 3.8) is 0 Å². The van der Waals surface area contributed by atoms with E-state index in [2.05, 4.69) is 29.8 Å². The summed E-state index contributed by atoms with van der Waals surface area (Å²) < 4.78 is 11.6. The molecule has 1 heterocycles. The number of halogens is 1. The van der Waals surface area contributed by atoms with Gasteiger partial charge in [-0.1, -0.05) is 29.8 Å². The number of carbonyl (C=O) groups is 1. The average Bonchev–Trinajstić information content (AvgIpc) is 2.59. The molecule has 3 rings (SSSR count). The Hall–Kier alpha value is -2.40. The maximum Gasteiger partial charge on any atom is 0.338 e. The predicted octanol–water partition coefficient (Wildman–Crippen LogP) is 5.34. The molecule has 26 heavy (non-hydrogen) atoms. The number of fused-ring (bicyclic) bond motifs is 1. The van der Waals surface area contributed by atoms with E-state index < -0.39 is 11.6 Å². The van der Waals surface area contributed by atoms with Crippen molar-refractivity contribution in [2.24, 2.45) is 0 Å². The van der Waals surface area contributed by atoms with Crippen molar-refractivity contribution in [3.8, 4) is 0 Å². The SMILES string of the molecule is Cc1cc2oc(=O)cc(COC(=O)c3ccc(Br)cc3)c2cc1C(C)C. The van der Waals surface area contributed by atoms with Crippen molar-refractivity contribution in [1.82, 2.24) is 0 Å². The second kappa shape index (κ2) is 7.46. The first-order chi connectivity index (χ1) is 12.3. The molecule has 4 nitrogen and oxygen atoms in total. The van der Waals surface area contributed by atoms with Crippen LogP contribution in [0.1, 0.15) is 46.8 Å². The monoisotopic (exact) mass is 414 g/mol. The Kier molecular flexibility index (Phi) is 5.28.